The fourth-order valence-corrected chi connectivity index (χ4v) is 4.50. The van der Waals surface area contributed by atoms with E-state index in [1.807, 2.05) is 0 Å². The summed E-state index contributed by atoms with van der Waals surface area (Å²) >= 11 is 1.22. The minimum absolute atomic E-state index is 0.0244. The summed E-state index contributed by atoms with van der Waals surface area (Å²) in [6, 6.07) is 7.85. The number of carbonyl (C=O) groups excluding carboxylic acids is 2. The average molecular weight is 505 g/mol. The Kier molecular flexibility index (Phi) is 7.86. The Morgan fingerprint density at radius 2 is 1.71 bits per heavy atom. The van der Waals surface area contributed by atoms with E-state index < -0.39 is 29.4 Å². The van der Waals surface area contributed by atoms with Crippen LogP contribution in [0.25, 0.3) is 0 Å². The van der Waals surface area contributed by atoms with Gasteiger partial charge in [0.1, 0.15) is 17.3 Å². The Labute approximate surface area is 203 Å². The second-order valence-electron chi connectivity index (χ2n) is 8.04. The largest absolute Gasteiger partial charge is 0.483 e. The maximum Gasteiger partial charge on any atom is 0.319 e. The summed E-state index contributed by atoms with van der Waals surface area (Å²) < 4.78 is 45.6. The molecular formula is C24H23F3N4O3S. The van der Waals surface area contributed by atoms with Crippen LogP contribution in [0.15, 0.2) is 47.8 Å². The molecule has 1 aromatic heterocycles. The van der Waals surface area contributed by atoms with Crippen LogP contribution in [0.5, 0.6) is 5.75 Å². The van der Waals surface area contributed by atoms with E-state index >= 15 is 0 Å². The van der Waals surface area contributed by atoms with Crippen LogP contribution in [0.4, 0.5) is 23.7 Å². The molecule has 3 aromatic rings. The Hall–Kier alpha value is -3.60. The van der Waals surface area contributed by atoms with Gasteiger partial charge in [0.25, 0.3) is 5.91 Å². The highest BCUT2D eigenvalue weighted by Crippen LogP contribution is 2.21. The molecule has 1 heterocycles. The third-order valence-electron chi connectivity index (χ3n) is 5.55. The normalized spacial score (nSPS) is 17.5. The minimum atomic E-state index is -1.06. The van der Waals surface area contributed by atoms with Gasteiger partial charge in [0, 0.05) is 23.2 Å². The Morgan fingerprint density at radius 3 is 2.46 bits per heavy atom. The van der Waals surface area contributed by atoms with Gasteiger partial charge in [-0.3, -0.25) is 4.79 Å². The molecule has 1 saturated carbocycles. The molecule has 7 nitrogen and oxygen atoms in total. The number of carbonyl (C=O) groups is 2. The molecule has 0 radical (unpaired) electrons. The lowest BCUT2D eigenvalue weighted by atomic mass is 9.90. The van der Waals surface area contributed by atoms with E-state index in [9.17, 15) is 22.8 Å². The van der Waals surface area contributed by atoms with Crippen LogP contribution in [0, 0.1) is 17.5 Å². The molecule has 35 heavy (non-hydrogen) atoms. The summed E-state index contributed by atoms with van der Waals surface area (Å²) in [5, 5.41) is 10.3. The van der Waals surface area contributed by atoms with E-state index in [0.29, 0.717) is 17.8 Å². The summed E-state index contributed by atoms with van der Waals surface area (Å²) in [7, 11) is 0. The van der Waals surface area contributed by atoms with Gasteiger partial charge in [-0.15, -0.1) is 11.3 Å². The van der Waals surface area contributed by atoms with E-state index in [2.05, 4.69) is 20.9 Å². The minimum Gasteiger partial charge on any atom is -0.483 e. The van der Waals surface area contributed by atoms with Crippen LogP contribution in [0.1, 0.15) is 41.2 Å². The summed E-state index contributed by atoms with van der Waals surface area (Å²) in [6.07, 6.45) is 3.06. The van der Waals surface area contributed by atoms with E-state index in [1.54, 1.807) is 17.5 Å². The number of amides is 3. The predicted octanol–water partition coefficient (Wildman–Crippen LogP) is 5.00. The van der Waals surface area contributed by atoms with Crippen molar-refractivity contribution in [1.82, 2.24) is 15.6 Å². The molecular weight excluding hydrogens is 481 g/mol. The van der Waals surface area contributed by atoms with Crippen molar-refractivity contribution in [3.8, 4) is 5.75 Å². The standard InChI is InChI=1S/C24H23F3N4O3S/c25-15-10-9-14(11-17(15)27)28-24(33)31-19-7-3-2-6-18(19)30-23(32)20-13-35-22(29-20)12-34-21-8-4-1-5-16(21)26/h1,4-5,8-11,13,18-19H,2-3,6-7,12H2,(H,30,32)(H2,28,31,33)/t18-,19+/m1/s1. The van der Waals surface area contributed by atoms with E-state index in [1.165, 1.54) is 29.5 Å². The van der Waals surface area contributed by atoms with Crippen LogP contribution in [0.3, 0.4) is 0 Å². The van der Waals surface area contributed by atoms with Crippen molar-refractivity contribution in [1.29, 1.82) is 0 Å². The molecule has 11 heteroatoms. The smallest absolute Gasteiger partial charge is 0.319 e. The first-order chi connectivity index (χ1) is 16.9. The van der Waals surface area contributed by atoms with Gasteiger partial charge in [0.2, 0.25) is 0 Å². The molecule has 0 bridgehead atoms. The van der Waals surface area contributed by atoms with E-state index in [4.69, 9.17) is 4.74 Å². The molecule has 184 valence electrons. The van der Waals surface area contributed by atoms with Gasteiger partial charge < -0.3 is 20.7 Å². The molecule has 1 fully saturated rings. The number of ether oxygens (including phenoxy) is 1. The summed E-state index contributed by atoms with van der Waals surface area (Å²) in [4.78, 5) is 29.4. The van der Waals surface area contributed by atoms with Crippen molar-refractivity contribution >= 4 is 29.0 Å². The summed E-state index contributed by atoms with van der Waals surface area (Å²) in [5.74, 6) is -2.83. The zero-order valence-electron chi connectivity index (χ0n) is 18.5. The molecule has 2 aromatic carbocycles. The number of aromatic nitrogens is 1. The number of rotatable bonds is 7. The number of benzene rings is 2. The molecule has 4 rings (SSSR count). The molecule has 0 unspecified atom stereocenters. The van der Waals surface area contributed by atoms with Gasteiger partial charge in [-0.05, 0) is 37.1 Å². The maximum atomic E-state index is 13.7. The zero-order chi connectivity index (χ0) is 24.8. The topological polar surface area (TPSA) is 92.4 Å². The van der Waals surface area contributed by atoms with Crippen molar-refractivity contribution in [2.24, 2.45) is 0 Å². The average Bonchev–Trinajstić information content (AvgIpc) is 3.31. The van der Waals surface area contributed by atoms with Crippen molar-refractivity contribution < 1.29 is 27.5 Å². The summed E-state index contributed by atoms with van der Waals surface area (Å²) in [5.41, 5.74) is 0.322. The summed E-state index contributed by atoms with van der Waals surface area (Å²) in [6.45, 7) is 0.0244. The Morgan fingerprint density at radius 1 is 0.971 bits per heavy atom. The van der Waals surface area contributed by atoms with Crippen molar-refractivity contribution in [3.63, 3.8) is 0 Å². The molecule has 0 spiro atoms. The number of urea groups is 1. The fraction of sp³-hybridized carbons (Fsp3) is 0.292. The van der Waals surface area contributed by atoms with Crippen LogP contribution in [-0.2, 0) is 6.61 Å². The second kappa shape index (κ2) is 11.2. The highest BCUT2D eigenvalue weighted by atomic mass is 32.1. The lowest BCUT2D eigenvalue weighted by Gasteiger charge is -2.32. The Balaban J connectivity index is 1.32. The first-order valence-corrected chi connectivity index (χ1v) is 11.9. The number of hydrogen-bond donors (Lipinski definition) is 3. The number of para-hydroxylation sites is 1. The quantitative estimate of drug-likeness (QED) is 0.422. The number of nitrogens with one attached hydrogen (secondary N) is 3. The van der Waals surface area contributed by atoms with Gasteiger partial charge in [0.15, 0.2) is 23.2 Å². The van der Waals surface area contributed by atoms with E-state index in [-0.39, 0.29) is 35.8 Å². The number of nitrogens with zero attached hydrogens (tertiary/aromatic N) is 1. The highest BCUT2D eigenvalue weighted by Gasteiger charge is 2.29. The monoisotopic (exact) mass is 504 g/mol. The zero-order valence-corrected chi connectivity index (χ0v) is 19.3. The van der Waals surface area contributed by atoms with Crippen molar-refractivity contribution in [2.45, 2.75) is 44.4 Å². The van der Waals surface area contributed by atoms with Crippen molar-refractivity contribution in [2.75, 3.05) is 5.32 Å². The molecule has 0 saturated heterocycles. The highest BCUT2D eigenvalue weighted by molar-refractivity contribution is 7.09. The molecule has 2 atom stereocenters. The van der Waals surface area contributed by atoms with Gasteiger partial charge in [-0.1, -0.05) is 25.0 Å². The predicted molar refractivity (Wildman–Crippen MR) is 125 cm³/mol. The van der Waals surface area contributed by atoms with Crippen LogP contribution < -0.4 is 20.7 Å². The fourth-order valence-electron chi connectivity index (χ4n) is 3.81. The number of anilines is 1. The molecule has 3 N–H and O–H groups in total. The van der Waals surface area contributed by atoms with Gasteiger partial charge in [-0.25, -0.2) is 22.9 Å². The van der Waals surface area contributed by atoms with Crippen molar-refractivity contribution in [3.05, 3.63) is 76.0 Å². The van der Waals surface area contributed by atoms with Gasteiger partial charge in [0.05, 0.1) is 6.04 Å². The molecule has 0 aliphatic heterocycles. The lowest BCUT2D eigenvalue weighted by Crippen LogP contribution is -2.54. The maximum absolute atomic E-state index is 13.7. The van der Waals surface area contributed by atoms with Gasteiger partial charge >= 0.3 is 6.03 Å². The third-order valence-corrected chi connectivity index (χ3v) is 6.37. The first kappa shape index (κ1) is 24.5. The Bertz CT molecular complexity index is 1210. The first-order valence-electron chi connectivity index (χ1n) is 11.0. The number of halogens is 3. The lowest BCUT2D eigenvalue weighted by molar-refractivity contribution is 0.0911. The second-order valence-corrected chi connectivity index (χ2v) is 8.99. The third kappa shape index (κ3) is 6.50. The molecule has 1 aliphatic carbocycles. The number of thiazole rings is 1. The molecule has 3 amide bonds. The van der Waals surface area contributed by atoms with Gasteiger partial charge in [-0.2, -0.15) is 0 Å². The SMILES string of the molecule is O=C(Nc1ccc(F)c(F)c1)N[C@H]1CCCC[C@H]1NC(=O)c1csc(COc2ccccc2F)n1. The van der Waals surface area contributed by atoms with Crippen LogP contribution in [0.2, 0.25) is 0 Å². The van der Waals surface area contributed by atoms with Crippen LogP contribution in [-0.4, -0.2) is 29.0 Å². The molecule has 1 aliphatic rings. The van der Waals surface area contributed by atoms with E-state index in [0.717, 1.165) is 25.0 Å². The number of hydrogen-bond acceptors (Lipinski definition) is 5. The van der Waals surface area contributed by atoms with Crippen LogP contribution >= 0.6 is 11.3 Å².